The van der Waals surface area contributed by atoms with Crippen LogP contribution in [0, 0.1) is 0 Å². The van der Waals surface area contributed by atoms with E-state index in [2.05, 4.69) is 15.6 Å². The van der Waals surface area contributed by atoms with E-state index in [1.165, 1.54) is 0 Å². The SMILES string of the molecule is CCNC(=NCc1ccc(OCC)c(OC)c1)NCC(O)c1cccc(OC(C)C)c1.I. The Labute approximate surface area is 208 Å². The second-order valence-corrected chi connectivity index (χ2v) is 7.25. The number of halogens is 1. The first kappa shape index (κ1) is 27.8. The molecule has 0 aromatic heterocycles. The number of methoxy groups -OCH3 is 1. The molecule has 32 heavy (non-hydrogen) atoms. The van der Waals surface area contributed by atoms with E-state index in [1.54, 1.807) is 7.11 Å². The van der Waals surface area contributed by atoms with Gasteiger partial charge in [-0.05, 0) is 63.1 Å². The Bertz CT molecular complexity index is 846. The van der Waals surface area contributed by atoms with Crippen LogP contribution >= 0.6 is 24.0 Å². The van der Waals surface area contributed by atoms with E-state index in [0.717, 1.165) is 22.6 Å². The number of hydrogen-bond donors (Lipinski definition) is 3. The topological polar surface area (TPSA) is 84.3 Å². The molecule has 0 radical (unpaired) electrons. The van der Waals surface area contributed by atoms with E-state index in [9.17, 15) is 5.11 Å². The summed E-state index contributed by atoms with van der Waals surface area (Å²) in [5.74, 6) is 2.78. The standard InChI is InChI=1S/C24H35N3O4.HI/c1-6-25-24(26-15-18-11-12-22(30-7-2)23(13-18)29-5)27-16-21(28)19-9-8-10-20(14-19)31-17(3)4;/h8-14,17,21,28H,6-7,15-16H2,1-5H3,(H2,25,26,27);1H. The molecular formula is C24H36IN3O4. The van der Waals surface area contributed by atoms with Crippen molar-refractivity contribution in [2.45, 2.75) is 46.4 Å². The van der Waals surface area contributed by atoms with E-state index >= 15 is 0 Å². The van der Waals surface area contributed by atoms with Crippen molar-refractivity contribution in [2.24, 2.45) is 4.99 Å². The van der Waals surface area contributed by atoms with Gasteiger partial charge in [-0.15, -0.1) is 24.0 Å². The van der Waals surface area contributed by atoms with Crippen LogP contribution in [-0.2, 0) is 6.54 Å². The Kier molecular flexibility index (Phi) is 12.9. The van der Waals surface area contributed by atoms with E-state index in [-0.39, 0.29) is 30.1 Å². The molecule has 1 atom stereocenters. The summed E-state index contributed by atoms with van der Waals surface area (Å²) in [5.41, 5.74) is 1.79. The predicted molar refractivity (Wildman–Crippen MR) is 140 cm³/mol. The number of nitrogens with one attached hydrogen (secondary N) is 2. The third-order valence-corrected chi connectivity index (χ3v) is 4.37. The van der Waals surface area contributed by atoms with Gasteiger partial charge in [-0.1, -0.05) is 18.2 Å². The molecule has 0 bridgehead atoms. The van der Waals surface area contributed by atoms with E-state index in [1.807, 2.05) is 70.2 Å². The third-order valence-electron chi connectivity index (χ3n) is 4.37. The lowest BCUT2D eigenvalue weighted by atomic mass is 10.1. The number of aliphatic imine (C=N–C) groups is 1. The van der Waals surface area contributed by atoms with Crippen molar-refractivity contribution < 1.29 is 19.3 Å². The smallest absolute Gasteiger partial charge is 0.191 e. The highest BCUT2D eigenvalue weighted by Gasteiger charge is 2.11. The highest BCUT2D eigenvalue weighted by Crippen LogP contribution is 2.28. The second-order valence-electron chi connectivity index (χ2n) is 7.25. The number of aliphatic hydroxyl groups excluding tert-OH is 1. The van der Waals surface area contributed by atoms with Gasteiger partial charge in [-0.2, -0.15) is 0 Å². The van der Waals surface area contributed by atoms with Gasteiger partial charge in [0.2, 0.25) is 0 Å². The van der Waals surface area contributed by atoms with Crippen LogP contribution in [0.25, 0.3) is 0 Å². The first-order chi connectivity index (χ1) is 15.0. The van der Waals surface area contributed by atoms with Gasteiger partial charge < -0.3 is 30.0 Å². The average molecular weight is 557 g/mol. The zero-order chi connectivity index (χ0) is 22.6. The van der Waals surface area contributed by atoms with E-state index in [0.29, 0.717) is 38.0 Å². The maximum atomic E-state index is 10.6. The monoisotopic (exact) mass is 557 g/mol. The molecule has 0 aliphatic rings. The minimum atomic E-state index is -0.690. The Morgan fingerprint density at radius 2 is 1.84 bits per heavy atom. The van der Waals surface area contributed by atoms with Crippen molar-refractivity contribution in [3.63, 3.8) is 0 Å². The molecule has 0 aliphatic carbocycles. The summed E-state index contributed by atoms with van der Waals surface area (Å²) in [6.45, 7) is 9.97. The molecule has 7 nitrogen and oxygen atoms in total. The summed E-state index contributed by atoms with van der Waals surface area (Å²) in [7, 11) is 1.62. The number of hydrogen-bond acceptors (Lipinski definition) is 5. The largest absolute Gasteiger partial charge is 0.493 e. The molecule has 1 unspecified atom stereocenters. The number of nitrogens with zero attached hydrogens (tertiary/aromatic N) is 1. The zero-order valence-corrected chi connectivity index (χ0v) is 21.9. The first-order valence-corrected chi connectivity index (χ1v) is 10.7. The molecule has 0 saturated heterocycles. The van der Waals surface area contributed by atoms with Crippen LogP contribution in [0.4, 0.5) is 0 Å². The van der Waals surface area contributed by atoms with Crippen LogP contribution in [0.1, 0.15) is 44.9 Å². The summed E-state index contributed by atoms with van der Waals surface area (Å²) in [4.78, 5) is 4.62. The molecule has 178 valence electrons. The molecule has 3 N–H and O–H groups in total. The van der Waals surface area contributed by atoms with Crippen LogP contribution < -0.4 is 24.8 Å². The molecule has 8 heteroatoms. The zero-order valence-electron chi connectivity index (χ0n) is 19.6. The Balaban J connectivity index is 0.00000512. The number of rotatable bonds is 11. The molecule has 0 saturated carbocycles. The van der Waals surface area contributed by atoms with E-state index < -0.39 is 6.10 Å². The molecule has 0 amide bonds. The lowest BCUT2D eigenvalue weighted by Gasteiger charge is -2.17. The molecule has 0 heterocycles. The fraction of sp³-hybridized carbons (Fsp3) is 0.458. The van der Waals surface area contributed by atoms with Gasteiger partial charge >= 0.3 is 0 Å². The molecule has 2 rings (SSSR count). The van der Waals surface area contributed by atoms with Gasteiger partial charge in [0.05, 0.1) is 32.5 Å². The number of guanidine groups is 1. The van der Waals surface area contributed by atoms with Crippen molar-refractivity contribution in [3.05, 3.63) is 53.6 Å². The predicted octanol–water partition coefficient (Wildman–Crippen LogP) is 4.29. The summed E-state index contributed by atoms with van der Waals surface area (Å²) in [5, 5.41) is 17.0. The average Bonchev–Trinajstić information content (AvgIpc) is 2.76. The first-order valence-electron chi connectivity index (χ1n) is 10.7. The molecular weight excluding hydrogens is 521 g/mol. The summed E-state index contributed by atoms with van der Waals surface area (Å²) >= 11 is 0. The van der Waals surface area contributed by atoms with Crippen molar-refractivity contribution in [1.82, 2.24) is 10.6 Å². The Hall–Kier alpha value is -2.20. The maximum Gasteiger partial charge on any atom is 0.191 e. The van der Waals surface area contributed by atoms with E-state index in [4.69, 9.17) is 14.2 Å². The quantitative estimate of drug-likeness (QED) is 0.217. The highest BCUT2D eigenvalue weighted by molar-refractivity contribution is 14.0. The Morgan fingerprint density at radius 3 is 2.50 bits per heavy atom. The van der Waals surface area contributed by atoms with Crippen LogP contribution in [0.15, 0.2) is 47.5 Å². The highest BCUT2D eigenvalue weighted by atomic mass is 127. The van der Waals surface area contributed by atoms with Gasteiger partial charge in [0.25, 0.3) is 0 Å². The summed E-state index contributed by atoms with van der Waals surface area (Å²) in [6.07, 6.45) is -0.607. The second kappa shape index (κ2) is 14.8. The van der Waals surface area contributed by atoms with Crippen LogP contribution in [0.2, 0.25) is 0 Å². The molecule has 2 aromatic rings. The number of aliphatic hydroxyl groups is 1. The minimum absolute atomic E-state index is 0. The van der Waals surface area contributed by atoms with Gasteiger partial charge in [-0.3, -0.25) is 0 Å². The normalized spacial score (nSPS) is 12.0. The fourth-order valence-corrected chi connectivity index (χ4v) is 2.98. The van der Waals surface area contributed by atoms with Crippen LogP contribution in [0.5, 0.6) is 17.2 Å². The maximum absolute atomic E-state index is 10.6. The van der Waals surface area contributed by atoms with Crippen molar-refractivity contribution >= 4 is 29.9 Å². The van der Waals surface area contributed by atoms with Gasteiger partial charge in [-0.25, -0.2) is 4.99 Å². The number of ether oxygens (including phenoxy) is 3. The summed E-state index contributed by atoms with van der Waals surface area (Å²) < 4.78 is 16.7. The van der Waals surface area contributed by atoms with Crippen molar-refractivity contribution in [3.8, 4) is 17.2 Å². The molecule has 0 fully saturated rings. The molecule has 0 spiro atoms. The fourth-order valence-electron chi connectivity index (χ4n) is 2.98. The molecule has 0 aliphatic heterocycles. The third kappa shape index (κ3) is 9.12. The van der Waals surface area contributed by atoms with Gasteiger partial charge in [0, 0.05) is 13.1 Å². The van der Waals surface area contributed by atoms with Crippen molar-refractivity contribution in [1.29, 1.82) is 0 Å². The number of benzene rings is 2. The lowest BCUT2D eigenvalue weighted by molar-refractivity contribution is 0.179. The van der Waals surface area contributed by atoms with Gasteiger partial charge in [0.15, 0.2) is 17.5 Å². The van der Waals surface area contributed by atoms with Crippen LogP contribution in [0.3, 0.4) is 0 Å². The van der Waals surface area contributed by atoms with Crippen molar-refractivity contribution in [2.75, 3.05) is 26.8 Å². The summed E-state index contributed by atoms with van der Waals surface area (Å²) in [6, 6.07) is 13.3. The lowest BCUT2D eigenvalue weighted by Crippen LogP contribution is -2.39. The van der Waals surface area contributed by atoms with Gasteiger partial charge in [0.1, 0.15) is 5.75 Å². The Morgan fingerprint density at radius 1 is 1.06 bits per heavy atom. The van der Waals surface area contributed by atoms with Crippen LogP contribution in [-0.4, -0.2) is 44.0 Å². The molecule has 2 aromatic carbocycles. The minimum Gasteiger partial charge on any atom is -0.493 e.